The van der Waals surface area contributed by atoms with Crippen LogP contribution in [0.15, 0.2) is 39.4 Å². The van der Waals surface area contributed by atoms with E-state index >= 15 is 0 Å². The number of nitrogens with one attached hydrogen (secondary N) is 3. The minimum atomic E-state index is -4.08. The van der Waals surface area contributed by atoms with E-state index in [9.17, 15) is 26.4 Å². The van der Waals surface area contributed by atoms with Gasteiger partial charge in [0.05, 0.1) is 17.1 Å². The molecule has 0 spiro atoms. The van der Waals surface area contributed by atoms with E-state index in [1.807, 2.05) is 4.72 Å². The average Bonchev–Trinajstić information content (AvgIpc) is 3.14. The second kappa shape index (κ2) is 10.4. The van der Waals surface area contributed by atoms with Crippen LogP contribution in [0.5, 0.6) is 0 Å². The van der Waals surface area contributed by atoms with Crippen LogP contribution >= 0.6 is 23.1 Å². The summed E-state index contributed by atoms with van der Waals surface area (Å²) in [4.78, 5) is 24.7. The molecule has 1 aliphatic heterocycles. The van der Waals surface area contributed by atoms with Crippen LogP contribution < -0.4 is 15.4 Å². The SMILES string of the molecule is Cc1ccc(S(=O)(=O)NC(=O)NCC(=O)Nc2cc(S(=O)(=O)N3CCSCC3)sc2C)cc1. The Hall–Kier alpha value is -2.13. The summed E-state index contributed by atoms with van der Waals surface area (Å²) in [5, 5.41) is 4.74. The number of nitrogens with zero attached hydrogens (tertiary/aromatic N) is 1. The summed E-state index contributed by atoms with van der Waals surface area (Å²) in [6, 6.07) is 6.27. The molecule has 0 aliphatic carbocycles. The molecule has 3 rings (SSSR count). The predicted molar refractivity (Wildman–Crippen MR) is 129 cm³/mol. The van der Waals surface area contributed by atoms with Crippen molar-refractivity contribution in [3.63, 3.8) is 0 Å². The first-order chi connectivity index (χ1) is 15.5. The number of thiophene rings is 1. The van der Waals surface area contributed by atoms with Crippen LogP contribution in [-0.2, 0) is 24.8 Å². The number of rotatable bonds is 7. The molecule has 1 aliphatic rings. The smallest absolute Gasteiger partial charge is 0.328 e. The van der Waals surface area contributed by atoms with Gasteiger partial charge in [-0.05, 0) is 32.0 Å². The van der Waals surface area contributed by atoms with Gasteiger partial charge in [0.2, 0.25) is 5.91 Å². The molecule has 2 heterocycles. The Labute approximate surface area is 201 Å². The van der Waals surface area contributed by atoms with Gasteiger partial charge in [-0.15, -0.1) is 11.3 Å². The molecule has 0 saturated carbocycles. The zero-order valence-corrected chi connectivity index (χ0v) is 21.2. The third-order valence-electron chi connectivity index (χ3n) is 4.70. The lowest BCUT2D eigenvalue weighted by Gasteiger charge is -2.24. The summed E-state index contributed by atoms with van der Waals surface area (Å²) in [6.45, 7) is 3.86. The van der Waals surface area contributed by atoms with Crippen molar-refractivity contribution in [2.45, 2.75) is 23.0 Å². The van der Waals surface area contributed by atoms with Crippen molar-refractivity contribution in [3.05, 3.63) is 40.8 Å². The second-order valence-electron chi connectivity index (χ2n) is 7.20. The van der Waals surface area contributed by atoms with Crippen molar-refractivity contribution in [2.24, 2.45) is 0 Å². The second-order valence-corrected chi connectivity index (χ2v) is 13.5. The zero-order valence-electron chi connectivity index (χ0n) is 18.0. The predicted octanol–water partition coefficient (Wildman–Crippen LogP) is 1.73. The Balaban J connectivity index is 1.56. The molecule has 10 nitrogen and oxygen atoms in total. The van der Waals surface area contributed by atoms with Gasteiger partial charge in [-0.1, -0.05) is 17.7 Å². The molecule has 0 atom stereocenters. The molecule has 2 aromatic rings. The summed E-state index contributed by atoms with van der Waals surface area (Å²) >= 11 is 2.76. The van der Waals surface area contributed by atoms with Crippen LogP contribution in [0.2, 0.25) is 0 Å². The lowest BCUT2D eigenvalue weighted by Crippen LogP contribution is -2.42. The Kier molecular flexibility index (Phi) is 8.05. The highest BCUT2D eigenvalue weighted by atomic mass is 32.2. The number of urea groups is 1. The lowest BCUT2D eigenvalue weighted by molar-refractivity contribution is -0.115. The number of thioether (sulfide) groups is 1. The number of benzene rings is 1. The largest absolute Gasteiger partial charge is 0.329 e. The molecule has 1 fully saturated rings. The van der Waals surface area contributed by atoms with Gasteiger partial charge in [-0.3, -0.25) is 4.79 Å². The Morgan fingerprint density at radius 2 is 1.67 bits per heavy atom. The van der Waals surface area contributed by atoms with E-state index in [-0.39, 0.29) is 9.10 Å². The van der Waals surface area contributed by atoms with Crippen LogP contribution in [0.25, 0.3) is 0 Å². The van der Waals surface area contributed by atoms with Crippen molar-refractivity contribution in [2.75, 3.05) is 36.5 Å². The molecule has 1 aromatic carbocycles. The monoisotopic (exact) mass is 532 g/mol. The van der Waals surface area contributed by atoms with Crippen molar-refractivity contribution in [3.8, 4) is 0 Å². The Morgan fingerprint density at radius 1 is 1.03 bits per heavy atom. The number of aryl methyl sites for hydroxylation is 2. The van der Waals surface area contributed by atoms with Gasteiger partial charge in [0.25, 0.3) is 20.0 Å². The van der Waals surface area contributed by atoms with E-state index in [4.69, 9.17) is 0 Å². The maximum atomic E-state index is 12.8. The minimum absolute atomic E-state index is 0.0809. The number of amides is 3. The van der Waals surface area contributed by atoms with Crippen LogP contribution in [0.3, 0.4) is 0 Å². The highest BCUT2D eigenvalue weighted by Gasteiger charge is 2.28. The average molecular weight is 533 g/mol. The number of carbonyl (C=O) groups is 2. The first-order valence-corrected chi connectivity index (χ1v) is 14.7. The summed E-state index contributed by atoms with van der Waals surface area (Å²) in [5.41, 5.74) is 1.19. The van der Waals surface area contributed by atoms with Gasteiger partial charge >= 0.3 is 6.03 Å². The molecular formula is C19H24N4O6S4. The topological polar surface area (TPSA) is 142 Å². The molecule has 14 heteroatoms. The summed E-state index contributed by atoms with van der Waals surface area (Å²) in [5.74, 6) is 0.846. The van der Waals surface area contributed by atoms with Gasteiger partial charge in [-0.2, -0.15) is 16.1 Å². The first-order valence-electron chi connectivity index (χ1n) is 9.84. The third kappa shape index (κ3) is 6.47. The third-order valence-corrected chi connectivity index (χ3v) is 10.4. The number of carbonyl (C=O) groups excluding carboxylic acids is 2. The number of hydrogen-bond acceptors (Lipinski definition) is 8. The Bertz CT molecular complexity index is 1230. The van der Waals surface area contributed by atoms with Gasteiger partial charge in [0.1, 0.15) is 4.21 Å². The quantitative estimate of drug-likeness (QED) is 0.493. The summed E-state index contributed by atoms with van der Waals surface area (Å²) < 4.78 is 53.5. The van der Waals surface area contributed by atoms with Gasteiger partial charge in [0, 0.05) is 29.5 Å². The van der Waals surface area contributed by atoms with Crippen molar-refractivity contribution in [1.29, 1.82) is 0 Å². The maximum Gasteiger partial charge on any atom is 0.329 e. The van der Waals surface area contributed by atoms with Crippen LogP contribution in [0, 0.1) is 13.8 Å². The van der Waals surface area contributed by atoms with Crippen LogP contribution in [-0.4, -0.2) is 64.2 Å². The lowest BCUT2D eigenvalue weighted by atomic mass is 10.2. The molecule has 1 aromatic heterocycles. The molecule has 1 saturated heterocycles. The molecular weight excluding hydrogens is 508 g/mol. The van der Waals surface area contributed by atoms with Crippen LogP contribution in [0.4, 0.5) is 10.5 Å². The van der Waals surface area contributed by atoms with Gasteiger partial charge < -0.3 is 10.6 Å². The van der Waals surface area contributed by atoms with E-state index < -0.39 is 38.5 Å². The fourth-order valence-corrected chi connectivity index (χ4v) is 7.97. The van der Waals surface area contributed by atoms with Crippen molar-refractivity contribution in [1.82, 2.24) is 14.3 Å². The van der Waals surface area contributed by atoms with Crippen LogP contribution in [0.1, 0.15) is 10.4 Å². The minimum Gasteiger partial charge on any atom is -0.328 e. The highest BCUT2D eigenvalue weighted by molar-refractivity contribution is 7.99. The number of anilines is 1. The molecule has 0 radical (unpaired) electrons. The molecule has 0 unspecified atom stereocenters. The number of sulfonamides is 2. The van der Waals surface area contributed by atoms with Gasteiger partial charge in [0.15, 0.2) is 0 Å². The zero-order chi connectivity index (χ0) is 24.2. The van der Waals surface area contributed by atoms with E-state index in [1.54, 1.807) is 37.7 Å². The van der Waals surface area contributed by atoms with E-state index in [1.165, 1.54) is 22.5 Å². The molecule has 0 bridgehead atoms. The van der Waals surface area contributed by atoms with E-state index in [0.29, 0.717) is 23.7 Å². The molecule has 33 heavy (non-hydrogen) atoms. The summed E-state index contributed by atoms with van der Waals surface area (Å²) in [7, 11) is -7.71. The molecule has 180 valence electrons. The number of hydrogen-bond donors (Lipinski definition) is 3. The summed E-state index contributed by atoms with van der Waals surface area (Å²) in [6.07, 6.45) is 0. The standard InChI is InChI=1S/C19H24N4O6S4/c1-13-3-5-15(6-4-13)32(26,27)22-19(25)20-12-17(24)21-16-11-18(31-14(16)2)33(28,29)23-7-9-30-10-8-23/h3-6,11H,7-10,12H2,1-2H3,(H,21,24)(H2,20,22,25). The highest BCUT2D eigenvalue weighted by Crippen LogP contribution is 2.32. The van der Waals surface area contributed by atoms with E-state index in [2.05, 4.69) is 10.6 Å². The van der Waals surface area contributed by atoms with Gasteiger partial charge in [-0.25, -0.2) is 26.4 Å². The molecule has 3 N–H and O–H groups in total. The maximum absolute atomic E-state index is 12.8. The normalized spacial score (nSPS) is 15.1. The van der Waals surface area contributed by atoms with E-state index in [0.717, 1.165) is 28.4 Å². The molecule has 3 amide bonds. The van der Waals surface area contributed by atoms with Crippen molar-refractivity contribution < 1.29 is 26.4 Å². The van der Waals surface area contributed by atoms with Crippen molar-refractivity contribution >= 4 is 60.8 Å². The fourth-order valence-electron chi connectivity index (χ4n) is 2.91. The first kappa shape index (κ1) is 25.5. The fraction of sp³-hybridized carbons (Fsp3) is 0.368. The Morgan fingerprint density at radius 3 is 2.30 bits per heavy atom.